The van der Waals surface area contributed by atoms with E-state index in [-0.39, 0.29) is 0 Å². The minimum Gasteiger partial charge on any atom is -0.353 e. The second-order valence-corrected chi connectivity index (χ2v) is 27.0. The van der Waals surface area contributed by atoms with Crippen LogP contribution in [0.15, 0.2) is 243 Å². The molecule has 0 amide bonds. The molecule has 0 atom stereocenters. The zero-order valence-electron chi connectivity index (χ0n) is 55.5. The Labute approximate surface area is 562 Å². The highest BCUT2D eigenvalue weighted by Gasteiger charge is 2.31. The van der Waals surface area contributed by atoms with Crippen molar-refractivity contribution in [2.24, 2.45) is 0 Å². The standard InChI is InChI=1S/C92H78N4/c1-5-9-21-57-33-41-61(42-34-57)81-85-73-49-65-25-13-15-27-67(65)51-75(73)87(93-85)82(62-43-35-58(36-44-62)22-10-6-2)89-77-53-69-29-17-19-31-71(69)55-79(77)91(95-89)84(64-47-39-60(40-48-64)24-12-8-4)92-80-56-72-32-20-18-30-70(72)54-78(80)90(96-92)83(63-45-37-59(38-46-63)23-11-7-3)88-76-52-68-28-16-14-26-66(68)50-74(76)86(81)94-88/h13-20,25-56,93,96H,5-12,21-24H2,1-4H3. The molecular weight excluding hydrogens is 1160 g/mol. The normalized spacial score (nSPS) is 12.0. The van der Waals surface area contributed by atoms with Gasteiger partial charge in [-0.1, -0.05) is 248 Å². The SMILES string of the molecule is CCCCc1ccc(-c2c3nc(c(-c4ccc(CCCC)cc4)c4[nH]c(c(-c5ccc(CCCC)cc5)c5nc(c(-c6ccc(CCCC)cc6)c6[nH]c2c2cc7ccccc7cc62)-c2cc6ccccc6cc2-5)c2cc5ccccc5cc42)-c2cc4ccccc4cc2-3)cc1. The van der Waals surface area contributed by atoms with E-state index < -0.39 is 0 Å². The molecule has 0 spiro atoms. The van der Waals surface area contributed by atoms with Crippen molar-refractivity contribution < 1.29 is 0 Å². The van der Waals surface area contributed by atoms with Gasteiger partial charge in [0.25, 0.3) is 0 Å². The molecule has 466 valence electrons. The Morgan fingerprint density at radius 1 is 0.240 bits per heavy atom. The summed E-state index contributed by atoms with van der Waals surface area (Å²) in [5.41, 5.74) is 26.2. The van der Waals surface area contributed by atoms with Crippen molar-refractivity contribution in [2.75, 3.05) is 0 Å². The van der Waals surface area contributed by atoms with Crippen LogP contribution in [0.4, 0.5) is 0 Å². The van der Waals surface area contributed by atoms with Crippen LogP contribution in [-0.4, -0.2) is 19.9 Å². The van der Waals surface area contributed by atoms with Gasteiger partial charge in [-0.15, -0.1) is 0 Å². The van der Waals surface area contributed by atoms with Gasteiger partial charge < -0.3 is 9.97 Å². The summed E-state index contributed by atoms with van der Waals surface area (Å²) >= 11 is 0. The number of hydrogen-bond donors (Lipinski definition) is 2. The fourth-order valence-electron chi connectivity index (χ4n) is 15.6. The van der Waals surface area contributed by atoms with Crippen LogP contribution in [0.3, 0.4) is 0 Å². The first kappa shape index (κ1) is 59.1. The molecule has 4 heterocycles. The van der Waals surface area contributed by atoms with Gasteiger partial charge in [-0.05, 0) is 187 Å². The van der Waals surface area contributed by atoms with Crippen LogP contribution in [0.2, 0.25) is 0 Å². The maximum atomic E-state index is 6.38. The van der Waals surface area contributed by atoms with E-state index in [1.165, 1.54) is 65.3 Å². The van der Waals surface area contributed by atoms with Crippen molar-refractivity contribution in [3.8, 4) is 89.5 Å². The molecule has 2 aliphatic heterocycles. The van der Waals surface area contributed by atoms with Gasteiger partial charge in [-0.25, -0.2) is 9.97 Å². The highest BCUT2D eigenvalue weighted by molar-refractivity contribution is 6.25. The van der Waals surface area contributed by atoms with Gasteiger partial charge in [0, 0.05) is 66.1 Å². The molecule has 0 radical (unpaired) electrons. The summed E-state index contributed by atoms with van der Waals surface area (Å²) in [5, 5.41) is 13.9. The molecule has 1 aliphatic carbocycles. The summed E-state index contributed by atoms with van der Waals surface area (Å²) in [6.07, 6.45) is 13.2. The second-order valence-electron chi connectivity index (χ2n) is 27.0. The number of aromatic amines is 2. The number of benzene rings is 12. The summed E-state index contributed by atoms with van der Waals surface area (Å²) < 4.78 is 0. The first-order valence-electron chi connectivity index (χ1n) is 35.4. The lowest BCUT2D eigenvalue weighted by Gasteiger charge is -2.11. The summed E-state index contributed by atoms with van der Waals surface area (Å²) in [4.78, 5) is 21.6. The van der Waals surface area contributed by atoms with Gasteiger partial charge >= 0.3 is 0 Å². The Kier molecular flexibility index (Phi) is 15.3. The van der Waals surface area contributed by atoms with Gasteiger partial charge in [0.15, 0.2) is 0 Å². The predicted octanol–water partition coefficient (Wildman–Crippen LogP) is 25.9. The van der Waals surface area contributed by atoms with Crippen molar-refractivity contribution in [1.82, 2.24) is 19.9 Å². The summed E-state index contributed by atoms with van der Waals surface area (Å²) in [6, 6.07) is 93.0. The van der Waals surface area contributed by atoms with Crippen molar-refractivity contribution in [3.05, 3.63) is 265 Å². The molecule has 12 aromatic carbocycles. The van der Waals surface area contributed by atoms with Gasteiger partial charge in [0.05, 0.1) is 44.8 Å². The maximum absolute atomic E-state index is 6.38. The van der Waals surface area contributed by atoms with Gasteiger partial charge in [-0.3, -0.25) is 0 Å². The number of H-pyrrole nitrogens is 2. The number of hydrogen-bond acceptors (Lipinski definition) is 2. The highest BCUT2D eigenvalue weighted by Crippen LogP contribution is 2.54. The average molecular weight is 1240 g/mol. The first-order valence-corrected chi connectivity index (χ1v) is 35.4. The smallest absolute Gasteiger partial charge is 0.0816 e. The Morgan fingerprint density at radius 2 is 0.438 bits per heavy atom. The number of aromatic nitrogens is 4. The zero-order valence-corrected chi connectivity index (χ0v) is 55.5. The molecule has 4 heteroatoms. The van der Waals surface area contributed by atoms with E-state index in [1.54, 1.807) is 0 Å². The second kappa shape index (κ2) is 24.9. The van der Waals surface area contributed by atoms with E-state index in [4.69, 9.17) is 9.97 Å². The maximum Gasteiger partial charge on any atom is 0.0816 e. The van der Waals surface area contributed by atoms with Crippen LogP contribution in [0.25, 0.3) is 176 Å². The number of aryl methyl sites for hydroxylation is 4. The van der Waals surface area contributed by atoms with Crippen molar-refractivity contribution in [1.29, 1.82) is 0 Å². The zero-order chi connectivity index (χ0) is 64.4. The fraction of sp³-hybridized carbons (Fsp3) is 0.174. The van der Waals surface area contributed by atoms with E-state index in [0.29, 0.717) is 0 Å². The molecule has 0 saturated heterocycles. The monoisotopic (exact) mass is 1240 g/mol. The van der Waals surface area contributed by atoms with Crippen LogP contribution in [0.1, 0.15) is 101 Å². The molecule has 4 nitrogen and oxygen atoms in total. The predicted molar refractivity (Wildman–Crippen MR) is 411 cm³/mol. The van der Waals surface area contributed by atoms with E-state index in [9.17, 15) is 0 Å². The van der Waals surface area contributed by atoms with E-state index in [0.717, 1.165) is 210 Å². The summed E-state index contributed by atoms with van der Waals surface area (Å²) in [6.45, 7) is 9.14. The molecular formula is C92H78N4. The highest BCUT2D eigenvalue weighted by atomic mass is 14.8. The number of rotatable bonds is 16. The largest absolute Gasteiger partial charge is 0.353 e. The minimum absolute atomic E-state index is 0.934. The molecule has 8 bridgehead atoms. The molecule has 0 fully saturated rings. The lowest BCUT2D eigenvalue weighted by molar-refractivity contribution is 0.795. The number of nitrogens with one attached hydrogen (secondary N) is 2. The summed E-state index contributed by atoms with van der Waals surface area (Å²) in [7, 11) is 0. The molecule has 14 aromatic rings. The van der Waals surface area contributed by atoms with Crippen LogP contribution in [0, 0.1) is 0 Å². The molecule has 96 heavy (non-hydrogen) atoms. The first-order chi connectivity index (χ1) is 47.4. The van der Waals surface area contributed by atoms with Gasteiger partial charge in [-0.2, -0.15) is 0 Å². The molecule has 3 aliphatic rings. The molecule has 0 unspecified atom stereocenters. The molecule has 17 rings (SSSR count). The lowest BCUT2D eigenvalue weighted by atomic mass is 9.90. The van der Waals surface area contributed by atoms with Crippen molar-refractivity contribution in [2.45, 2.75) is 105 Å². The molecule has 0 saturated carbocycles. The fourth-order valence-corrected chi connectivity index (χ4v) is 15.6. The molecule has 2 N–H and O–H groups in total. The third-order valence-corrected chi connectivity index (χ3v) is 20.8. The Morgan fingerprint density at radius 3 is 0.635 bits per heavy atom. The van der Waals surface area contributed by atoms with Crippen LogP contribution in [-0.2, 0) is 25.7 Å². The van der Waals surface area contributed by atoms with Crippen molar-refractivity contribution in [3.63, 3.8) is 0 Å². The lowest BCUT2D eigenvalue weighted by Crippen LogP contribution is -1.90. The van der Waals surface area contributed by atoms with E-state index in [2.05, 4.69) is 280 Å². The number of fused-ring (bicyclic) bond motifs is 4. The quantitative estimate of drug-likeness (QED) is 0.101. The topological polar surface area (TPSA) is 57.4 Å². The van der Waals surface area contributed by atoms with Crippen LogP contribution in [0.5, 0.6) is 0 Å². The minimum atomic E-state index is 0.934. The van der Waals surface area contributed by atoms with Crippen molar-refractivity contribution >= 4 is 86.7 Å². The Balaban J connectivity index is 1.17. The Hall–Kier alpha value is -10.7. The van der Waals surface area contributed by atoms with E-state index in [1.807, 2.05) is 0 Å². The number of unbranched alkanes of at least 4 members (excludes halogenated alkanes) is 4. The van der Waals surface area contributed by atoms with Gasteiger partial charge in [0.1, 0.15) is 0 Å². The summed E-state index contributed by atoms with van der Waals surface area (Å²) in [5.74, 6) is 0. The molecule has 2 aromatic heterocycles. The van der Waals surface area contributed by atoms with Crippen LogP contribution >= 0.6 is 0 Å². The number of nitrogens with zero attached hydrogens (tertiary/aromatic N) is 2. The third-order valence-electron chi connectivity index (χ3n) is 20.8. The Bertz CT molecular complexity index is 5030. The van der Waals surface area contributed by atoms with Crippen LogP contribution < -0.4 is 0 Å². The van der Waals surface area contributed by atoms with Gasteiger partial charge in [0.2, 0.25) is 0 Å². The average Bonchev–Trinajstić information content (AvgIpc) is 1.55. The van der Waals surface area contributed by atoms with E-state index >= 15 is 0 Å². The third kappa shape index (κ3) is 10.4.